The second-order valence-corrected chi connectivity index (χ2v) is 10.0. The first kappa shape index (κ1) is 14.7. The van der Waals surface area contributed by atoms with Crippen molar-refractivity contribution in [3.05, 3.63) is 22.4 Å². The molecule has 5 rings (SSSR count). The normalized spacial score (nSPS) is 42.5. The topological polar surface area (TPSA) is 29.1 Å². The van der Waals surface area contributed by atoms with E-state index in [-0.39, 0.29) is 5.41 Å². The molecule has 2 nitrogen and oxygen atoms in total. The molecule has 1 aromatic rings. The lowest BCUT2D eigenvalue weighted by Gasteiger charge is -2.64. The highest BCUT2D eigenvalue weighted by molar-refractivity contribution is 7.09. The van der Waals surface area contributed by atoms with Crippen LogP contribution in [0.15, 0.2) is 17.5 Å². The number of hydrogen-bond donors (Lipinski definition) is 1. The summed E-state index contributed by atoms with van der Waals surface area (Å²) < 4.78 is 0. The lowest BCUT2D eigenvalue weighted by atomic mass is 9.40. The molecule has 2 atom stereocenters. The predicted octanol–water partition coefficient (Wildman–Crippen LogP) is 4.40. The molecule has 3 heteroatoms. The van der Waals surface area contributed by atoms with Crippen LogP contribution in [0.1, 0.15) is 57.2 Å². The Morgan fingerprint density at radius 3 is 2.55 bits per heavy atom. The summed E-state index contributed by atoms with van der Waals surface area (Å²) in [6, 6.07) is 4.24. The third-order valence-corrected chi connectivity index (χ3v) is 7.28. The number of amides is 1. The van der Waals surface area contributed by atoms with Gasteiger partial charge in [0, 0.05) is 11.4 Å². The van der Waals surface area contributed by atoms with Crippen LogP contribution in [-0.2, 0) is 11.2 Å². The average Bonchev–Trinajstić information content (AvgIpc) is 2.87. The van der Waals surface area contributed by atoms with Crippen LogP contribution in [-0.4, -0.2) is 12.5 Å². The van der Waals surface area contributed by atoms with Gasteiger partial charge in [0.2, 0.25) is 5.91 Å². The average molecular weight is 317 g/mol. The van der Waals surface area contributed by atoms with Crippen LogP contribution in [0.4, 0.5) is 0 Å². The Kier molecular flexibility index (Phi) is 3.24. The number of thiophene rings is 1. The molecule has 0 aliphatic heterocycles. The maximum absolute atomic E-state index is 13.0. The molecule has 120 valence electrons. The first-order valence-electron chi connectivity index (χ1n) is 8.71. The Morgan fingerprint density at radius 2 is 1.95 bits per heavy atom. The molecule has 0 saturated heterocycles. The van der Waals surface area contributed by atoms with E-state index in [1.165, 1.54) is 24.1 Å². The smallest absolute Gasteiger partial charge is 0.226 e. The van der Waals surface area contributed by atoms with Crippen molar-refractivity contribution in [3.63, 3.8) is 0 Å². The van der Waals surface area contributed by atoms with Crippen molar-refractivity contribution in [3.8, 4) is 0 Å². The molecule has 4 aliphatic carbocycles. The van der Waals surface area contributed by atoms with Gasteiger partial charge in [-0.2, -0.15) is 0 Å². The number of hydrogen-bond acceptors (Lipinski definition) is 2. The van der Waals surface area contributed by atoms with Crippen molar-refractivity contribution in [2.24, 2.45) is 22.2 Å². The molecular formula is C19H27NOS. The number of carbonyl (C=O) groups excluding carboxylic acids is 1. The minimum atomic E-state index is -0.0572. The van der Waals surface area contributed by atoms with E-state index in [0.717, 1.165) is 38.1 Å². The van der Waals surface area contributed by atoms with Crippen molar-refractivity contribution in [1.82, 2.24) is 5.32 Å². The van der Waals surface area contributed by atoms with E-state index in [4.69, 9.17) is 0 Å². The Bertz CT molecular complexity index is 560. The SMILES string of the molecule is CC12CC3CC(C)(C1)CC(C(=O)NCCc1cccs1)(C3)C2. The molecule has 0 radical (unpaired) electrons. The van der Waals surface area contributed by atoms with Crippen LogP contribution >= 0.6 is 11.3 Å². The third-order valence-electron chi connectivity index (χ3n) is 6.34. The second kappa shape index (κ2) is 4.83. The number of carbonyl (C=O) groups is 1. The monoisotopic (exact) mass is 317 g/mol. The van der Waals surface area contributed by atoms with Gasteiger partial charge in [0.25, 0.3) is 0 Å². The summed E-state index contributed by atoms with van der Waals surface area (Å²) in [5.41, 5.74) is 0.775. The zero-order valence-electron chi connectivity index (χ0n) is 13.8. The van der Waals surface area contributed by atoms with E-state index in [9.17, 15) is 4.79 Å². The molecule has 1 amide bonds. The maximum atomic E-state index is 13.0. The van der Waals surface area contributed by atoms with Crippen molar-refractivity contribution in [2.75, 3.05) is 6.54 Å². The van der Waals surface area contributed by atoms with Gasteiger partial charge < -0.3 is 5.32 Å². The fraction of sp³-hybridized carbons (Fsp3) is 0.737. The molecule has 22 heavy (non-hydrogen) atoms. The Balaban J connectivity index is 1.46. The summed E-state index contributed by atoms with van der Waals surface area (Å²) in [6.45, 7) is 5.66. The summed E-state index contributed by atoms with van der Waals surface area (Å²) in [4.78, 5) is 14.4. The zero-order valence-corrected chi connectivity index (χ0v) is 14.6. The molecule has 1 heterocycles. The lowest BCUT2D eigenvalue weighted by Crippen LogP contribution is -2.60. The predicted molar refractivity (Wildman–Crippen MR) is 90.9 cm³/mol. The van der Waals surface area contributed by atoms with Gasteiger partial charge >= 0.3 is 0 Å². The summed E-state index contributed by atoms with van der Waals surface area (Å²) in [6.07, 6.45) is 8.40. The minimum Gasteiger partial charge on any atom is -0.355 e. The molecule has 0 spiro atoms. The Morgan fingerprint density at radius 1 is 1.23 bits per heavy atom. The van der Waals surface area contributed by atoms with Gasteiger partial charge in [-0.1, -0.05) is 19.9 Å². The van der Waals surface area contributed by atoms with Gasteiger partial charge in [0.15, 0.2) is 0 Å². The highest BCUT2D eigenvalue weighted by Crippen LogP contribution is 2.69. The first-order valence-corrected chi connectivity index (χ1v) is 9.59. The van der Waals surface area contributed by atoms with E-state index in [2.05, 4.69) is 36.7 Å². The zero-order chi connectivity index (χ0) is 15.4. The summed E-state index contributed by atoms with van der Waals surface area (Å²) in [7, 11) is 0. The fourth-order valence-electron chi connectivity index (χ4n) is 6.64. The third kappa shape index (κ3) is 2.42. The van der Waals surface area contributed by atoms with Gasteiger partial charge in [-0.05, 0) is 73.1 Å². The quantitative estimate of drug-likeness (QED) is 0.876. The van der Waals surface area contributed by atoms with Gasteiger partial charge in [0.1, 0.15) is 0 Å². The molecule has 4 bridgehead atoms. The highest BCUT2D eigenvalue weighted by atomic mass is 32.1. The van der Waals surface area contributed by atoms with E-state index in [0.29, 0.717) is 16.7 Å². The second-order valence-electron chi connectivity index (χ2n) is 9.00. The van der Waals surface area contributed by atoms with Crippen LogP contribution in [0.2, 0.25) is 0 Å². The van der Waals surface area contributed by atoms with Crippen LogP contribution in [0.5, 0.6) is 0 Å². The molecule has 4 fully saturated rings. The number of rotatable bonds is 4. The minimum absolute atomic E-state index is 0.0572. The Labute approximate surface area is 137 Å². The van der Waals surface area contributed by atoms with Gasteiger partial charge in [-0.25, -0.2) is 0 Å². The van der Waals surface area contributed by atoms with Crippen LogP contribution in [0, 0.1) is 22.2 Å². The highest BCUT2D eigenvalue weighted by Gasteiger charge is 2.62. The molecule has 1 aromatic heterocycles. The van der Waals surface area contributed by atoms with Crippen LogP contribution in [0.25, 0.3) is 0 Å². The van der Waals surface area contributed by atoms with Crippen LogP contribution < -0.4 is 5.32 Å². The van der Waals surface area contributed by atoms with Gasteiger partial charge in [0.05, 0.1) is 5.41 Å². The van der Waals surface area contributed by atoms with Gasteiger partial charge in [-0.15, -0.1) is 11.3 Å². The van der Waals surface area contributed by atoms with Crippen LogP contribution in [0.3, 0.4) is 0 Å². The molecule has 2 unspecified atom stereocenters. The van der Waals surface area contributed by atoms with Gasteiger partial charge in [-0.3, -0.25) is 4.79 Å². The Hall–Kier alpha value is -0.830. The van der Waals surface area contributed by atoms with Crippen molar-refractivity contribution in [2.45, 2.75) is 58.8 Å². The molecular weight excluding hydrogens is 290 g/mol. The summed E-state index contributed by atoms with van der Waals surface area (Å²) >= 11 is 1.78. The van der Waals surface area contributed by atoms with Crippen molar-refractivity contribution < 1.29 is 4.79 Å². The fourth-order valence-corrected chi connectivity index (χ4v) is 7.35. The summed E-state index contributed by atoms with van der Waals surface area (Å²) in [5, 5.41) is 5.39. The van der Waals surface area contributed by atoms with E-state index < -0.39 is 0 Å². The lowest BCUT2D eigenvalue weighted by molar-refractivity contribution is -0.170. The van der Waals surface area contributed by atoms with E-state index in [1.54, 1.807) is 11.3 Å². The number of nitrogens with one attached hydrogen (secondary N) is 1. The van der Waals surface area contributed by atoms with Crippen molar-refractivity contribution in [1.29, 1.82) is 0 Å². The molecule has 0 aromatic carbocycles. The van der Waals surface area contributed by atoms with E-state index >= 15 is 0 Å². The standard InChI is InChI=1S/C19H27NOS/c1-17-8-14-9-18(2,11-17)13-19(10-14,12-17)16(21)20-6-5-15-4-3-7-22-15/h3-4,7,14H,5-6,8-13H2,1-2H3,(H,20,21). The maximum Gasteiger partial charge on any atom is 0.226 e. The van der Waals surface area contributed by atoms with Crippen molar-refractivity contribution >= 4 is 17.2 Å². The van der Waals surface area contributed by atoms with E-state index in [1.807, 2.05) is 0 Å². The molecule has 4 saturated carbocycles. The molecule has 4 aliphatic rings. The summed E-state index contributed by atoms with van der Waals surface area (Å²) in [5.74, 6) is 1.14. The molecule has 1 N–H and O–H groups in total. The largest absolute Gasteiger partial charge is 0.355 e. The first-order chi connectivity index (χ1) is 10.4.